The van der Waals surface area contributed by atoms with E-state index in [0.717, 1.165) is 24.6 Å². The first-order valence-corrected chi connectivity index (χ1v) is 6.09. The maximum atomic E-state index is 9.19. The molecule has 1 saturated heterocycles. The molecule has 0 amide bonds. The van der Waals surface area contributed by atoms with Gasteiger partial charge in [-0.1, -0.05) is 6.92 Å². The lowest BCUT2D eigenvalue weighted by Crippen LogP contribution is -2.49. The first-order valence-electron chi connectivity index (χ1n) is 5.05. The van der Waals surface area contributed by atoms with Crippen LogP contribution in [0.1, 0.15) is 26.2 Å². The zero-order chi connectivity index (χ0) is 9.31. The highest BCUT2D eigenvalue weighted by atomic mass is 32.2. The van der Waals surface area contributed by atoms with E-state index in [0.29, 0.717) is 5.25 Å². The van der Waals surface area contributed by atoms with Gasteiger partial charge in [0, 0.05) is 5.25 Å². The van der Waals surface area contributed by atoms with Crippen molar-refractivity contribution < 1.29 is 0 Å². The van der Waals surface area contributed by atoms with Crippen molar-refractivity contribution in [1.82, 2.24) is 5.32 Å². The molecule has 0 aromatic heterocycles. The summed E-state index contributed by atoms with van der Waals surface area (Å²) in [5.41, 5.74) is -0.215. The average Bonchev–Trinajstić information content (AvgIpc) is 2.89. The van der Waals surface area contributed by atoms with E-state index in [1.807, 2.05) is 11.8 Å². The smallest absolute Gasteiger partial charge is 0.119 e. The van der Waals surface area contributed by atoms with Gasteiger partial charge < -0.3 is 0 Å². The van der Waals surface area contributed by atoms with Crippen LogP contribution in [-0.2, 0) is 0 Å². The second kappa shape index (κ2) is 3.51. The van der Waals surface area contributed by atoms with Crippen molar-refractivity contribution in [3.8, 4) is 6.07 Å². The van der Waals surface area contributed by atoms with E-state index >= 15 is 0 Å². The molecule has 1 aliphatic heterocycles. The Morgan fingerprint density at radius 1 is 1.62 bits per heavy atom. The summed E-state index contributed by atoms with van der Waals surface area (Å²) in [5.74, 6) is 2.00. The topological polar surface area (TPSA) is 35.8 Å². The molecule has 1 N–H and O–H groups in total. The molecule has 13 heavy (non-hydrogen) atoms. The van der Waals surface area contributed by atoms with E-state index in [4.69, 9.17) is 0 Å². The third-order valence-corrected chi connectivity index (χ3v) is 4.50. The van der Waals surface area contributed by atoms with Crippen LogP contribution >= 0.6 is 11.8 Å². The van der Waals surface area contributed by atoms with Crippen molar-refractivity contribution in [3.63, 3.8) is 0 Å². The summed E-state index contributed by atoms with van der Waals surface area (Å²) in [4.78, 5) is 0. The molecule has 2 rings (SSSR count). The van der Waals surface area contributed by atoms with Crippen molar-refractivity contribution >= 4 is 11.8 Å². The number of nitrogens with zero attached hydrogens (tertiary/aromatic N) is 1. The second-order valence-electron chi connectivity index (χ2n) is 4.17. The highest BCUT2D eigenvalue weighted by Crippen LogP contribution is 2.36. The van der Waals surface area contributed by atoms with E-state index in [9.17, 15) is 5.26 Å². The van der Waals surface area contributed by atoms with Gasteiger partial charge in [0.15, 0.2) is 0 Å². The highest BCUT2D eigenvalue weighted by molar-refractivity contribution is 8.00. The van der Waals surface area contributed by atoms with Crippen molar-refractivity contribution in [2.24, 2.45) is 5.92 Å². The van der Waals surface area contributed by atoms with Crippen LogP contribution in [0.4, 0.5) is 0 Å². The molecule has 0 spiro atoms. The SMILES string of the molecule is CC1SCCC1(C#N)NCC1CC1. The molecule has 2 nitrogen and oxygen atoms in total. The Labute approximate surface area is 84.1 Å². The lowest BCUT2D eigenvalue weighted by atomic mass is 9.94. The number of nitriles is 1. The minimum absolute atomic E-state index is 0.215. The molecule has 1 saturated carbocycles. The van der Waals surface area contributed by atoms with Crippen LogP contribution in [0.3, 0.4) is 0 Å². The molecule has 1 heterocycles. The molecule has 0 bridgehead atoms. The Morgan fingerprint density at radius 2 is 2.38 bits per heavy atom. The quantitative estimate of drug-likeness (QED) is 0.747. The van der Waals surface area contributed by atoms with Crippen molar-refractivity contribution in [2.75, 3.05) is 12.3 Å². The Balaban J connectivity index is 1.93. The maximum Gasteiger partial charge on any atom is 0.119 e. The molecule has 0 radical (unpaired) electrons. The molecule has 0 aromatic carbocycles. The average molecular weight is 196 g/mol. The fourth-order valence-corrected chi connectivity index (χ4v) is 3.14. The third-order valence-electron chi connectivity index (χ3n) is 3.16. The highest BCUT2D eigenvalue weighted by Gasteiger charge is 2.41. The molecule has 2 fully saturated rings. The van der Waals surface area contributed by atoms with Gasteiger partial charge in [-0.3, -0.25) is 5.32 Å². The van der Waals surface area contributed by atoms with Crippen LogP contribution in [0.25, 0.3) is 0 Å². The summed E-state index contributed by atoms with van der Waals surface area (Å²) in [6.45, 7) is 3.22. The monoisotopic (exact) mass is 196 g/mol. The molecule has 3 heteroatoms. The summed E-state index contributed by atoms with van der Waals surface area (Å²) in [5, 5.41) is 13.1. The lowest BCUT2D eigenvalue weighted by Gasteiger charge is -2.26. The number of thioether (sulfide) groups is 1. The van der Waals surface area contributed by atoms with Crippen molar-refractivity contribution in [3.05, 3.63) is 0 Å². The number of nitrogens with one attached hydrogen (secondary N) is 1. The fourth-order valence-electron chi connectivity index (χ4n) is 1.81. The van der Waals surface area contributed by atoms with Gasteiger partial charge >= 0.3 is 0 Å². The number of hydrogen-bond acceptors (Lipinski definition) is 3. The molecule has 2 aliphatic rings. The minimum Gasteiger partial charge on any atom is -0.298 e. The van der Waals surface area contributed by atoms with Gasteiger partial charge in [-0.05, 0) is 37.5 Å². The van der Waals surface area contributed by atoms with Crippen molar-refractivity contribution in [1.29, 1.82) is 5.26 Å². The molecule has 2 atom stereocenters. The van der Waals surface area contributed by atoms with Gasteiger partial charge in [0.25, 0.3) is 0 Å². The summed E-state index contributed by atoms with van der Waals surface area (Å²) < 4.78 is 0. The summed E-state index contributed by atoms with van der Waals surface area (Å²) in [6, 6.07) is 2.48. The van der Waals surface area contributed by atoms with Gasteiger partial charge in [0.1, 0.15) is 5.54 Å². The van der Waals surface area contributed by atoms with Gasteiger partial charge in [-0.25, -0.2) is 0 Å². The zero-order valence-electron chi connectivity index (χ0n) is 8.05. The first kappa shape index (κ1) is 9.36. The lowest BCUT2D eigenvalue weighted by molar-refractivity contribution is 0.405. The molecular formula is C10H16N2S. The Kier molecular flexibility index (Phi) is 2.53. The molecule has 1 aliphatic carbocycles. The first-order chi connectivity index (χ1) is 6.27. The molecule has 2 unspecified atom stereocenters. The fraction of sp³-hybridized carbons (Fsp3) is 0.900. The van der Waals surface area contributed by atoms with Crippen LogP contribution in [-0.4, -0.2) is 23.1 Å². The van der Waals surface area contributed by atoms with Gasteiger partial charge in [0.2, 0.25) is 0 Å². The van der Waals surface area contributed by atoms with Gasteiger partial charge in [-0.2, -0.15) is 17.0 Å². The largest absolute Gasteiger partial charge is 0.298 e. The number of hydrogen-bond donors (Lipinski definition) is 1. The minimum atomic E-state index is -0.215. The maximum absolute atomic E-state index is 9.19. The van der Waals surface area contributed by atoms with E-state index < -0.39 is 0 Å². The zero-order valence-corrected chi connectivity index (χ0v) is 8.86. The standard InChI is InChI=1S/C10H16N2S/c1-8-10(7-11,4-5-13-8)12-6-9-2-3-9/h8-9,12H,2-6H2,1H3. The molecule has 0 aromatic rings. The Morgan fingerprint density at radius 3 is 2.85 bits per heavy atom. The van der Waals surface area contributed by atoms with Crippen molar-refractivity contribution in [2.45, 2.75) is 37.0 Å². The summed E-state index contributed by atoms with van der Waals surface area (Å²) in [6.07, 6.45) is 3.73. The number of rotatable bonds is 3. The predicted molar refractivity (Wildman–Crippen MR) is 55.6 cm³/mol. The predicted octanol–water partition coefficient (Wildman–Crippen LogP) is 1.77. The third kappa shape index (κ3) is 1.84. The van der Waals surface area contributed by atoms with Gasteiger partial charge in [-0.15, -0.1) is 0 Å². The normalized spacial score (nSPS) is 38.9. The molecular weight excluding hydrogens is 180 g/mol. The second-order valence-corrected chi connectivity index (χ2v) is 5.62. The van der Waals surface area contributed by atoms with Gasteiger partial charge in [0.05, 0.1) is 6.07 Å². The summed E-state index contributed by atoms with van der Waals surface area (Å²) in [7, 11) is 0. The Bertz CT molecular complexity index is 232. The van der Waals surface area contributed by atoms with E-state index in [1.54, 1.807) is 0 Å². The van der Waals surface area contributed by atoms with E-state index in [1.165, 1.54) is 12.8 Å². The molecule has 72 valence electrons. The van der Waals surface area contributed by atoms with Crippen LogP contribution < -0.4 is 5.32 Å². The summed E-state index contributed by atoms with van der Waals surface area (Å²) >= 11 is 1.92. The van der Waals surface area contributed by atoms with Crippen LogP contribution in [0.15, 0.2) is 0 Å². The van der Waals surface area contributed by atoms with Crippen LogP contribution in [0, 0.1) is 17.2 Å². The Hall–Kier alpha value is -0.200. The van der Waals surface area contributed by atoms with Crippen LogP contribution in [0.2, 0.25) is 0 Å². The van der Waals surface area contributed by atoms with E-state index in [-0.39, 0.29) is 5.54 Å². The van der Waals surface area contributed by atoms with Crippen LogP contribution in [0.5, 0.6) is 0 Å². The van der Waals surface area contributed by atoms with E-state index in [2.05, 4.69) is 18.3 Å².